The van der Waals surface area contributed by atoms with Crippen LogP contribution in [0.2, 0.25) is 0 Å². The second-order valence-corrected chi connectivity index (χ2v) is 3.41. The third kappa shape index (κ3) is 4.20. The minimum atomic E-state index is -4.81. The molecule has 0 bridgehead atoms. The fraction of sp³-hybridized carbons (Fsp3) is 0.400. The molecule has 0 aliphatic rings. The van der Waals surface area contributed by atoms with E-state index in [0.717, 1.165) is 18.2 Å². The van der Waals surface area contributed by atoms with Crippen LogP contribution in [-0.2, 0) is 0 Å². The Balaban J connectivity index is 2.94. The van der Waals surface area contributed by atoms with E-state index in [-0.39, 0.29) is 18.5 Å². The molecule has 0 heterocycles. The molecule has 1 rings (SSSR count). The molecule has 0 spiro atoms. The maximum atomic E-state index is 13.3. The molecule has 4 N–H and O–H groups in total. The van der Waals surface area contributed by atoms with Crippen molar-refractivity contribution in [3.63, 3.8) is 0 Å². The standard InChI is InChI=1S/C10H12F4N2O/c11-8-2-1-6(17-10(12,13)14)5-7(8)9(16)3-4-15/h1-2,5,9H,3-4,15-16H2/t9-/m1/s1. The predicted molar refractivity (Wildman–Crippen MR) is 53.7 cm³/mol. The highest BCUT2D eigenvalue weighted by Gasteiger charge is 2.31. The maximum Gasteiger partial charge on any atom is 0.573 e. The lowest BCUT2D eigenvalue weighted by Crippen LogP contribution is -2.19. The third-order valence-corrected chi connectivity index (χ3v) is 2.08. The minimum Gasteiger partial charge on any atom is -0.406 e. The Kier molecular flexibility index (Phi) is 4.30. The van der Waals surface area contributed by atoms with Crippen molar-refractivity contribution in [3.05, 3.63) is 29.6 Å². The van der Waals surface area contributed by atoms with E-state index in [2.05, 4.69) is 4.74 Å². The van der Waals surface area contributed by atoms with Crippen molar-refractivity contribution in [1.82, 2.24) is 0 Å². The van der Waals surface area contributed by atoms with Gasteiger partial charge in [-0.3, -0.25) is 0 Å². The lowest BCUT2D eigenvalue weighted by Gasteiger charge is -2.14. The number of hydrogen-bond donors (Lipinski definition) is 2. The summed E-state index contributed by atoms with van der Waals surface area (Å²) >= 11 is 0. The van der Waals surface area contributed by atoms with Crippen molar-refractivity contribution < 1.29 is 22.3 Å². The van der Waals surface area contributed by atoms with Gasteiger partial charge in [-0.25, -0.2) is 4.39 Å². The van der Waals surface area contributed by atoms with Crippen LogP contribution in [0.1, 0.15) is 18.0 Å². The number of alkyl halides is 3. The van der Waals surface area contributed by atoms with E-state index in [1.54, 1.807) is 0 Å². The Hall–Kier alpha value is -1.34. The molecule has 0 saturated heterocycles. The van der Waals surface area contributed by atoms with E-state index in [4.69, 9.17) is 11.5 Å². The molecule has 0 aliphatic carbocycles. The quantitative estimate of drug-likeness (QED) is 0.806. The fourth-order valence-corrected chi connectivity index (χ4v) is 1.34. The van der Waals surface area contributed by atoms with E-state index >= 15 is 0 Å². The minimum absolute atomic E-state index is 0.0443. The number of benzene rings is 1. The Morgan fingerprint density at radius 2 is 1.94 bits per heavy atom. The van der Waals surface area contributed by atoms with Gasteiger partial charge in [0.1, 0.15) is 11.6 Å². The average Bonchev–Trinajstić information content (AvgIpc) is 2.19. The summed E-state index contributed by atoms with van der Waals surface area (Å²) in [5.41, 5.74) is 10.8. The molecule has 0 aliphatic heterocycles. The summed E-state index contributed by atoms with van der Waals surface area (Å²) in [4.78, 5) is 0. The van der Waals surface area contributed by atoms with Crippen LogP contribution in [-0.4, -0.2) is 12.9 Å². The van der Waals surface area contributed by atoms with Crippen molar-refractivity contribution in [3.8, 4) is 5.75 Å². The zero-order valence-corrected chi connectivity index (χ0v) is 8.80. The summed E-state index contributed by atoms with van der Waals surface area (Å²) in [7, 11) is 0. The molecule has 3 nitrogen and oxygen atoms in total. The van der Waals surface area contributed by atoms with Gasteiger partial charge in [-0.05, 0) is 31.2 Å². The highest BCUT2D eigenvalue weighted by Crippen LogP contribution is 2.27. The Morgan fingerprint density at radius 3 is 2.47 bits per heavy atom. The number of hydrogen-bond acceptors (Lipinski definition) is 3. The van der Waals surface area contributed by atoms with Crippen LogP contribution in [0.4, 0.5) is 17.6 Å². The van der Waals surface area contributed by atoms with Gasteiger partial charge in [0.15, 0.2) is 0 Å². The first-order valence-corrected chi connectivity index (χ1v) is 4.84. The summed E-state index contributed by atoms with van der Waals surface area (Å²) in [5, 5.41) is 0. The molecule has 0 aromatic heterocycles. The van der Waals surface area contributed by atoms with E-state index in [0.29, 0.717) is 0 Å². The molecule has 17 heavy (non-hydrogen) atoms. The van der Waals surface area contributed by atoms with Gasteiger partial charge in [-0.1, -0.05) is 0 Å². The van der Waals surface area contributed by atoms with Crippen LogP contribution in [0.15, 0.2) is 18.2 Å². The molecule has 1 aromatic carbocycles. The van der Waals surface area contributed by atoms with Crippen LogP contribution < -0.4 is 16.2 Å². The van der Waals surface area contributed by atoms with Gasteiger partial charge >= 0.3 is 6.36 Å². The molecular weight excluding hydrogens is 240 g/mol. The highest BCUT2D eigenvalue weighted by molar-refractivity contribution is 5.32. The van der Waals surface area contributed by atoms with Crippen LogP contribution >= 0.6 is 0 Å². The Morgan fingerprint density at radius 1 is 1.29 bits per heavy atom. The molecule has 0 saturated carbocycles. The van der Waals surface area contributed by atoms with E-state index in [1.165, 1.54) is 0 Å². The lowest BCUT2D eigenvalue weighted by molar-refractivity contribution is -0.274. The maximum absolute atomic E-state index is 13.3. The SMILES string of the molecule is NCC[C@@H](N)c1cc(OC(F)(F)F)ccc1F. The molecule has 96 valence electrons. The first-order chi connectivity index (χ1) is 7.83. The van der Waals surface area contributed by atoms with Crippen molar-refractivity contribution in [2.75, 3.05) is 6.54 Å². The highest BCUT2D eigenvalue weighted by atomic mass is 19.4. The van der Waals surface area contributed by atoms with E-state index in [1.807, 2.05) is 0 Å². The van der Waals surface area contributed by atoms with Gasteiger partial charge in [0.2, 0.25) is 0 Å². The Labute approximate surface area is 95.3 Å². The first kappa shape index (κ1) is 13.7. The average molecular weight is 252 g/mol. The summed E-state index contributed by atoms with van der Waals surface area (Å²) < 4.78 is 52.9. The molecule has 0 amide bonds. The van der Waals surface area contributed by atoms with Crippen molar-refractivity contribution in [2.24, 2.45) is 11.5 Å². The van der Waals surface area contributed by atoms with Gasteiger partial charge in [0.25, 0.3) is 0 Å². The van der Waals surface area contributed by atoms with E-state index in [9.17, 15) is 17.6 Å². The summed E-state index contributed by atoms with van der Waals surface area (Å²) in [6.07, 6.45) is -4.54. The van der Waals surface area contributed by atoms with Gasteiger partial charge in [-0.2, -0.15) is 0 Å². The van der Waals surface area contributed by atoms with Crippen LogP contribution in [0.25, 0.3) is 0 Å². The first-order valence-electron chi connectivity index (χ1n) is 4.84. The van der Waals surface area contributed by atoms with Gasteiger partial charge < -0.3 is 16.2 Å². The molecular formula is C10H12F4N2O. The molecule has 7 heteroatoms. The summed E-state index contributed by atoms with van der Waals surface area (Å²) in [5.74, 6) is -1.18. The smallest absolute Gasteiger partial charge is 0.406 e. The largest absolute Gasteiger partial charge is 0.573 e. The molecule has 1 aromatic rings. The molecule has 0 unspecified atom stereocenters. The summed E-state index contributed by atoms with van der Waals surface area (Å²) in [6, 6.07) is 1.95. The van der Waals surface area contributed by atoms with Gasteiger partial charge in [-0.15, -0.1) is 13.2 Å². The lowest BCUT2D eigenvalue weighted by atomic mass is 10.0. The zero-order valence-electron chi connectivity index (χ0n) is 8.80. The number of halogens is 4. The molecule has 0 radical (unpaired) electrons. The number of nitrogens with two attached hydrogens (primary N) is 2. The Bertz CT molecular complexity index is 381. The van der Waals surface area contributed by atoms with Crippen LogP contribution in [0.3, 0.4) is 0 Å². The van der Waals surface area contributed by atoms with Crippen molar-refractivity contribution >= 4 is 0 Å². The van der Waals surface area contributed by atoms with Gasteiger partial charge in [0.05, 0.1) is 0 Å². The topological polar surface area (TPSA) is 61.3 Å². The molecule has 0 fully saturated rings. The van der Waals surface area contributed by atoms with Crippen LogP contribution in [0.5, 0.6) is 5.75 Å². The second-order valence-electron chi connectivity index (χ2n) is 3.41. The van der Waals surface area contributed by atoms with Crippen LogP contribution in [0, 0.1) is 5.82 Å². The van der Waals surface area contributed by atoms with Crippen molar-refractivity contribution in [1.29, 1.82) is 0 Å². The van der Waals surface area contributed by atoms with E-state index < -0.39 is 24.0 Å². The predicted octanol–water partition coefficient (Wildman–Crippen LogP) is 2.07. The fourth-order valence-electron chi connectivity index (χ4n) is 1.34. The summed E-state index contributed by atoms with van der Waals surface area (Å²) in [6.45, 7) is 0.213. The normalized spacial score (nSPS) is 13.5. The molecule has 1 atom stereocenters. The number of rotatable bonds is 4. The number of ether oxygens (including phenoxy) is 1. The second kappa shape index (κ2) is 5.33. The zero-order chi connectivity index (χ0) is 13.1. The third-order valence-electron chi connectivity index (χ3n) is 2.08. The van der Waals surface area contributed by atoms with Crippen molar-refractivity contribution in [2.45, 2.75) is 18.8 Å². The van der Waals surface area contributed by atoms with Gasteiger partial charge in [0, 0.05) is 11.6 Å². The monoisotopic (exact) mass is 252 g/mol.